The quantitative estimate of drug-likeness (QED) is 0.354. The van der Waals surface area contributed by atoms with Crippen LogP contribution in [0.4, 0.5) is 20.5 Å². The lowest BCUT2D eigenvalue weighted by Crippen LogP contribution is -2.30. The first kappa shape index (κ1) is 24.2. The normalized spacial score (nSPS) is 15.5. The Labute approximate surface area is 207 Å². The van der Waals surface area contributed by atoms with E-state index >= 15 is 0 Å². The van der Waals surface area contributed by atoms with Gasteiger partial charge in [0.25, 0.3) is 0 Å². The van der Waals surface area contributed by atoms with Gasteiger partial charge in [-0.05, 0) is 76.4 Å². The van der Waals surface area contributed by atoms with Crippen molar-refractivity contribution in [1.29, 1.82) is 0 Å². The Balaban J connectivity index is 1.41. The van der Waals surface area contributed by atoms with Gasteiger partial charge in [0.1, 0.15) is 22.9 Å². The van der Waals surface area contributed by atoms with Gasteiger partial charge in [-0.1, -0.05) is 6.07 Å². The van der Waals surface area contributed by atoms with Crippen LogP contribution in [0.1, 0.15) is 50.2 Å². The first-order valence-corrected chi connectivity index (χ1v) is 12.1. The van der Waals surface area contributed by atoms with Crippen LogP contribution >= 0.6 is 0 Å². The van der Waals surface area contributed by atoms with Crippen molar-refractivity contribution in [2.75, 3.05) is 18.4 Å². The summed E-state index contributed by atoms with van der Waals surface area (Å²) in [4.78, 5) is 17.0. The second-order valence-electron chi connectivity index (χ2n) is 9.47. The molecule has 0 amide bonds. The Morgan fingerprint density at radius 2 is 1.83 bits per heavy atom. The summed E-state index contributed by atoms with van der Waals surface area (Å²) in [6, 6.07) is 6.53. The van der Waals surface area contributed by atoms with E-state index in [1.54, 1.807) is 18.3 Å². The van der Waals surface area contributed by atoms with E-state index in [1.165, 1.54) is 6.07 Å². The van der Waals surface area contributed by atoms with E-state index in [0.717, 1.165) is 37.7 Å². The van der Waals surface area contributed by atoms with Crippen LogP contribution in [-0.4, -0.2) is 42.7 Å². The summed E-state index contributed by atoms with van der Waals surface area (Å²) >= 11 is 0. The van der Waals surface area contributed by atoms with Crippen LogP contribution in [0.15, 0.2) is 36.7 Å². The van der Waals surface area contributed by atoms with Gasteiger partial charge in [0.05, 0.1) is 17.8 Å². The van der Waals surface area contributed by atoms with Gasteiger partial charge < -0.3 is 20.3 Å². The number of piperidine rings is 1. The summed E-state index contributed by atoms with van der Waals surface area (Å²) in [6.45, 7) is 7.58. The molecule has 188 valence electrons. The molecule has 1 aliphatic heterocycles. The van der Waals surface area contributed by atoms with E-state index < -0.39 is 17.7 Å². The maximum Gasteiger partial charge on any atom is 0.229 e. The fourth-order valence-corrected chi connectivity index (χ4v) is 4.89. The molecule has 4 aromatic rings. The van der Waals surface area contributed by atoms with E-state index in [2.05, 4.69) is 30.6 Å². The topological polar surface area (TPSA) is 101 Å². The van der Waals surface area contributed by atoms with Crippen molar-refractivity contribution in [1.82, 2.24) is 29.8 Å². The number of aliphatic hydroxyl groups is 1. The predicted octanol–water partition coefficient (Wildman–Crippen LogP) is 4.83. The van der Waals surface area contributed by atoms with Crippen molar-refractivity contribution >= 4 is 22.8 Å². The van der Waals surface area contributed by atoms with Crippen molar-refractivity contribution in [3.63, 3.8) is 0 Å². The van der Waals surface area contributed by atoms with Crippen LogP contribution in [0.3, 0.4) is 0 Å². The molecule has 1 unspecified atom stereocenters. The fourth-order valence-electron chi connectivity index (χ4n) is 4.89. The summed E-state index contributed by atoms with van der Waals surface area (Å²) < 4.78 is 31.6. The van der Waals surface area contributed by atoms with E-state index in [0.29, 0.717) is 17.2 Å². The molecule has 4 heterocycles. The molecule has 10 heteroatoms. The second-order valence-corrected chi connectivity index (χ2v) is 9.47. The number of nitrogens with one attached hydrogen (secondary N) is 2. The van der Waals surface area contributed by atoms with Gasteiger partial charge >= 0.3 is 0 Å². The first-order valence-electron chi connectivity index (χ1n) is 12.1. The number of rotatable bonds is 6. The largest absolute Gasteiger partial charge is 0.388 e. The smallest absolute Gasteiger partial charge is 0.229 e. The van der Waals surface area contributed by atoms with Crippen molar-refractivity contribution in [2.45, 2.75) is 45.8 Å². The van der Waals surface area contributed by atoms with Gasteiger partial charge in [0.2, 0.25) is 5.95 Å². The van der Waals surface area contributed by atoms with Gasteiger partial charge in [-0.15, -0.1) is 0 Å². The Bertz CT molecular complexity index is 1380. The highest BCUT2D eigenvalue weighted by Crippen LogP contribution is 2.31. The summed E-state index contributed by atoms with van der Waals surface area (Å²) in [6.07, 6.45) is 3.93. The zero-order chi connectivity index (χ0) is 25.4. The highest BCUT2D eigenvalue weighted by Gasteiger charge is 2.23. The molecule has 1 atom stereocenters. The number of anilines is 2. The van der Waals surface area contributed by atoms with Gasteiger partial charge in [0.15, 0.2) is 11.6 Å². The number of aromatic nitrogens is 5. The van der Waals surface area contributed by atoms with Crippen LogP contribution in [0, 0.1) is 24.5 Å². The number of hydrogen-bond donors (Lipinski definition) is 3. The summed E-state index contributed by atoms with van der Waals surface area (Å²) in [5.74, 6) is 0.246. The third kappa shape index (κ3) is 4.66. The van der Waals surface area contributed by atoms with Crippen LogP contribution in [0.5, 0.6) is 0 Å². The van der Waals surface area contributed by atoms with E-state index in [9.17, 15) is 13.9 Å². The molecule has 1 saturated heterocycles. The lowest BCUT2D eigenvalue weighted by Gasteiger charge is -2.27. The lowest BCUT2D eigenvalue weighted by atomic mass is 9.89. The van der Waals surface area contributed by atoms with Crippen LogP contribution < -0.4 is 10.6 Å². The zero-order valence-electron chi connectivity index (χ0n) is 20.5. The first-order chi connectivity index (χ1) is 17.3. The molecule has 8 nitrogen and oxygen atoms in total. The summed E-state index contributed by atoms with van der Waals surface area (Å²) in [7, 11) is 0. The second kappa shape index (κ2) is 9.87. The SMILES string of the molecule is Cc1nc2c(F)cc(-c3nc(Nc4ccc(C(O)C5CCNCC5)cn4)ncc3F)cc2n1C(C)C. The third-order valence-electron chi connectivity index (χ3n) is 6.66. The van der Waals surface area contributed by atoms with Gasteiger partial charge in [-0.2, -0.15) is 0 Å². The number of aliphatic hydroxyl groups excluding tert-OH is 1. The highest BCUT2D eigenvalue weighted by atomic mass is 19.1. The maximum absolute atomic E-state index is 14.9. The molecule has 0 spiro atoms. The van der Waals surface area contributed by atoms with Crippen molar-refractivity contribution in [3.8, 4) is 11.3 Å². The molecule has 0 aliphatic carbocycles. The Hall–Kier alpha value is -3.50. The summed E-state index contributed by atoms with van der Waals surface area (Å²) in [5, 5.41) is 16.9. The number of imidazole rings is 1. The third-order valence-corrected chi connectivity index (χ3v) is 6.66. The molecule has 0 radical (unpaired) electrons. The molecule has 0 saturated carbocycles. The molecule has 5 rings (SSSR count). The number of nitrogens with zero attached hydrogens (tertiary/aromatic N) is 5. The predicted molar refractivity (Wildman–Crippen MR) is 134 cm³/mol. The van der Waals surface area contributed by atoms with Crippen LogP contribution in [0.2, 0.25) is 0 Å². The molecule has 36 heavy (non-hydrogen) atoms. The Morgan fingerprint density at radius 3 is 2.53 bits per heavy atom. The minimum atomic E-state index is -0.667. The lowest BCUT2D eigenvalue weighted by molar-refractivity contribution is 0.0886. The summed E-state index contributed by atoms with van der Waals surface area (Å²) in [5.41, 5.74) is 1.83. The number of pyridine rings is 1. The monoisotopic (exact) mass is 493 g/mol. The minimum Gasteiger partial charge on any atom is -0.388 e. The van der Waals surface area contributed by atoms with Crippen molar-refractivity contribution in [2.24, 2.45) is 5.92 Å². The number of fused-ring (bicyclic) bond motifs is 1. The fraction of sp³-hybridized carbons (Fsp3) is 0.385. The minimum absolute atomic E-state index is 0.0274. The standard InChI is InChI=1S/C26H29F2N7O/c1-14(2)35-15(3)32-24-19(27)10-18(11-21(24)35)23-20(28)13-31-26(34-23)33-22-5-4-17(12-30-22)25(36)16-6-8-29-9-7-16/h4-5,10-14,16,25,29,36H,6-9H2,1-3H3,(H,30,31,33,34). The molecule has 3 N–H and O–H groups in total. The van der Waals surface area contributed by atoms with Gasteiger partial charge in [0, 0.05) is 17.8 Å². The molecule has 1 fully saturated rings. The van der Waals surface area contributed by atoms with Crippen LogP contribution in [0.25, 0.3) is 22.3 Å². The van der Waals surface area contributed by atoms with Gasteiger partial charge in [-0.25, -0.2) is 28.7 Å². The molecular formula is C26H29F2N7O. The number of benzene rings is 1. The van der Waals surface area contributed by atoms with Crippen molar-refractivity contribution < 1.29 is 13.9 Å². The van der Waals surface area contributed by atoms with E-state index in [4.69, 9.17) is 0 Å². The van der Waals surface area contributed by atoms with Crippen LogP contribution in [-0.2, 0) is 0 Å². The zero-order valence-corrected chi connectivity index (χ0v) is 20.5. The average Bonchev–Trinajstić information content (AvgIpc) is 3.22. The molecule has 1 aliphatic rings. The molecule has 3 aromatic heterocycles. The number of halogens is 2. The van der Waals surface area contributed by atoms with Crippen molar-refractivity contribution in [3.05, 3.63) is 59.7 Å². The van der Waals surface area contributed by atoms with E-state index in [-0.39, 0.29) is 34.7 Å². The van der Waals surface area contributed by atoms with Gasteiger partial charge in [-0.3, -0.25) is 0 Å². The maximum atomic E-state index is 14.9. The molecular weight excluding hydrogens is 464 g/mol. The average molecular weight is 494 g/mol. The number of hydrogen-bond acceptors (Lipinski definition) is 7. The Morgan fingerprint density at radius 1 is 1.06 bits per heavy atom. The van der Waals surface area contributed by atoms with E-state index in [1.807, 2.05) is 31.4 Å². The molecule has 1 aromatic carbocycles. The number of aryl methyl sites for hydroxylation is 1. The highest BCUT2D eigenvalue weighted by molar-refractivity contribution is 5.83. The Kier molecular flexibility index (Phi) is 6.63. The molecule has 0 bridgehead atoms.